The van der Waals surface area contributed by atoms with Gasteiger partial charge in [-0.15, -0.1) is 0 Å². The van der Waals surface area contributed by atoms with Crippen molar-refractivity contribution in [3.8, 4) is 11.5 Å². The quantitative estimate of drug-likeness (QED) is 0.636. The number of nitrogens with one attached hydrogen (secondary N) is 1. The molecule has 3 rings (SSSR count). The van der Waals surface area contributed by atoms with Gasteiger partial charge >= 0.3 is 0 Å². The number of nitrogens with zero attached hydrogens (tertiary/aromatic N) is 2. The van der Waals surface area contributed by atoms with Gasteiger partial charge in [-0.05, 0) is 35.9 Å². The minimum Gasteiger partial charge on any atom is -0.504 e. The molecule has 5 heteroatoms. The average Bonchev–Trinajstić information content (AvgIpc) is 2.48. The highest BCUT2D eigenvalue weighted by Gasteiger charge is 2.02. The zero-order valence-electron chi connectivity index (χ0n) is 10.6. The molecule has 5 nitrogen and oxygen atoms in total. The molecule has 0 aliphatic rings. The number of phenols is 2. The molecule has 0 aliphatic heterocycles. The Hall–Kier alpha value is -2.82. The van der Waals surface area contributed by atoms with Gasteiger partial charge in [0.2, 0.25) is 0 Å². The zero-order valence-corrected chi connectivity index (χ0v) is 10.6. The summed E-state index contributed by atoms with van der Waals surface area (Å²) >= 11 is 0. The van der Waals surface area contributed by atoms with Crippen LogP contribution in [0, 0.1) is 0 Å². The van der Waals surface area contributed by atoms with Crippen LogP contribution in [-0.4, -0.2) is 20.2 Å². The van der Waals surface area contributed by atoms with Crippen LogP contribution in [0.25, 0.3) is 11.0 Å². The summed E-state index contributed by atoms with van der Waals surface area (Å²) in [5, 5.41) is 21.9. The molecule has 0 atom stereocenters. The third kappa shape index (κ3) is 2.47. The van der Waals surface area contributed by atoms with Crippen molar-refractivity contribution in [1.82, 2.24) is 9.97 Å². The van der Waals surface area contributed by atoms with Crippen LogP contribution >= 0.6 is 0 Å². The van der Waals surface area contributed by atoms with Gasteiger partial charge in [0.25, 0.3) is 0 Å². The van der Waals surface area contributed by atoms with E-state index in [0.717, 1.165) is 22.3 Å². The fraction of sp³-hybridized carbons (Fsp3) is 0.0667. The monoisotopic (exact) mass is 267 g/mol. The second-order valence-corrected chi connectivity index (χ2v) is 4.44. The second-order valence-electron chi connectivity index (χ2n) is 4.44. The van der Waals surface area contributed by atoms with Crippen LogP contribution in [0.2, 0.25) is 0 Å². The smallest absolute Gasteiger partial charge is 0.157 e. The molecule has 0 saturated carbocycles. The molecule has 3 N–H and O–H groups in total. The van der Waals surface area contributed by atoms with Gasteiger partial charge in [0.15, 0.2) is 11.5 Å². The lowest BCUT2D eigenvalue weighted by atomic mass is 10.2. The van der Waals surface area contributed by atoms with E-state index in [2.05, 4.69) is 15.3 Å². The number of anilines is 1. The van der Waals surface area contributed by atoms with E-state index in [9.17, 15) is 10.2 Å². The van der Waals surface area contributed by atoms with E-state index < -0.39 is 0 Å². The van der Waals surface area contributed by atoms with E-state index in [1.165, 1.54) is 12.1 Å². The zero-order chi connectivity index (χ0) is 13.9. The minimum absolute atomic E-state index is 0.116. The molecule has 2 aromatic carbocycles. The molecular formula is C15H13N3O2. The van der Waals surface area contributed by atoms with E-state index in [1.54, 1.807) is 18.5 Å². The van der Waals surface area contributed by atoms with E-state index >= 15 is 0 Å². The number of phenolic OH excluding ortho intramolecular Hbond substituents is 2. The molecular weight excluding hydrogens is 254 g/mol. The lowest BCUT2D eigenvalue weighted by molar-refractivity contribution is 0.403. The van der Waals surface area contributed by atoms with Gasteiger partial charge in [0.05, 0.1) is 11.0 Å². The summed E-state index contributed by atoms with van der Waals surface area (Å²) in [6.07, 6.45) is 3.32. The molecule has 1 heterocycles. The molecule has 3 aromatic rings. The SMILES string of the molecule is Oc1ccc(CNc2ccc3nccnc3c2)cc1O. The Morgan fingerprint density at radius 2 is 1.65 bits per heavy atom. The summed E-state index contributed by atoms with van der Waals surface area (Å²) in [6, 6.07) is 10.5. The normalized spacial score (nSPS) is 10.6. The number of aromatic nitrogens is 2. The highest BCUT2D eigenvalue weighted by atomic mass is 16.3. The van der Waals surface area contributed by atoms with Crippen LogP contribution in [0.15, 0.2) is 48.8 Å². The third-order valence-corrected chi connectivity index (χ3v) is 3.01. The van der Waals surface area contributed by atoms with Crippen molar-refractivity contribution in [2.24, 2.45) is 0 Å². The Morgan fingerprint density at radius 3 is 2.45 bits per heavy atom. The first-order valence-electron chi connectivity index (χ1n) is 6.18. The number of fused-ring (bicyclic) bond motifs is 1. The maximum Gasteiger partial charge on any atom is 0.157 e. The molecule has 0 unspecified atom stereocenters. The van der Waals surface area contributed by atoms with Crippen molar-refractivity contribution in [2.45, 2.75) is 6.54 Å². The highest BCUT2D eigenvalue weighted by molar-refractivity contribution is 5.78. The van der Waals surface area contributed by atoms with Crippen molar-refractivity contribution in [2.75, 3.05) is 5.32 Å². The summed E-state index contributed by atoms with van der Waals surface area (Å²) in [7, 11) is 0. The van der Waals surface area contributed by atoms with Crippen LogP contribution in [0.3, 0.4) is 0 Å². The molecule has 1 aromatic heterocycles. The Labute approximate surface area is 115 Å². The van der Waals surface area contributed by atoms with Gasteiger partial charge in [0.1, 0.15) is 0 Å². The lowest BCUT2D eigenvalue weighted by Gasteiger charge is -2.08. The van der Waals surface area contributed by atoms with Crippen molar-refractivity contribution in [1.29, 1.82) is 0 Å². The molecule has 0 aliphatic carbocycles. The van der Waals surface area contributed by atoms with Crippen LogP contribution in [-0.2, 0) is 6.54 Å². The first-order valence-corrected chi connectivity index (χ1v) is 6.18. The molecule has 20 heavy (non-hydrogen) atoms. The van der Waals surface area contributed by atoms with Crippen LogP contribution in [0.5, 0.6) is 11.5 Å². The van der Waals surface area contributed by atoms with Crippen molar-refractivity contribution in [3.63, 3.8) is 0 Å². The number of hydrogen-bond donors (Lipinski definition) is 3. The highest BCUT2D eigenvalue weighted by Crippen LogP contribution is 2.25. The van der Waals surface area contributed by atoms with Crippen molar-refractivity contribution in [3.05, 3.63) is 54.4 Å². The van der Waals surface area contributed by atoms with Crippen LogP contribution in [0.4, 0.5) is 5.69 Å². The van der Waals surface area contributed by atoms with Crippen molar-refractivity contribution < 1.29 is 10.2 Å². The predicted molar refractivity (Wildman–Crippen MR) is 76.6 cm³/mol. The van der Waals surface area contributed by atoms with Gasteiger partial charge in [-0.25, -0.2) is 0 Å². The van der Waals surface area contributed by atoms with Gasteiger partial charge in [-0.3, -0.25) is 9.97 Å². The molecule has 0 bridgehead atoms. The van der Waals surface area contributed by atoms with E-state index in [4.69, 9.17) is 0 Å². The fourth-order valence-electron chi connectivity index (χ4n) is 1.96. The number of aromatic hydroxyl groups is 2. The Morgan fingerprint density at radius 1 is 0.850 bits per heavy atom. The Bertz CT molecular complexity index is 759. The lowest BCUT2D eigenvalue weighted by Crippen LogP contribution is -1.99. The maximum absolute atomic E-state index is 9.44. The first-order chi connectivity index (χ1) is 9.72. The third-order valence-electron chi connectivity index (χ3n) is 3.01. The number of hydrogen-bond acceptors (Lipinski definition) is 5. The van der Waals surface area contributed by atoms with E-state index in [0.29, 0.717) is 6.54 Å². The van der Waals surface area contributed by atoms with E-state index in [-0.39, 0.29) is 11.5 Å². The van der Waals surface area contributed by atoms with Gasteiger partial charge in [-0.1, -0.05) is 6.07 Å². The van der Waals surface area contributed by atoms with Crippen molar-refractivity contribution >= 4 is 16.7 Å². The van der Waals surface area contributed by atoms with Gasteiger partial charge in [-0.2, -0.15) is 0 Å². The molecule has 0 saturated heterocycles. The molecule has 0 amide bonds. The van der Waals surface area contributed by atoms with Crippen LogP contribution < -0.4 is 5.32 Å². The maximum atomic E-state index is 9.44. The molecule has 0 spiro atoms. The summed E-state index contributed by atoms with van der Waals surface area (Å²) in [5.74, 6) is -0.233. The molecule has 100 valence electrons. The van der Waals surface area contributed by atoms with Crippen LogP contribution in [0.1, 0.15) is 5.56 Å². The minimum atomic E-state index is -0.117. The largest absolute Gasteiger partial charge is 0.504 e. The average molecular weight is 267 g/mol. The Balaban J connectivity index is 1.77. The summed E-state index contributed by atoms with van der Waals surface area (Å²) in [6.45, 7) is 0.541. The standard InChI is InChI=1S/C15H13N3O2/c19-14-4-1-10(7-15(14)20)9-18-11-2-3-12-13(8-11)17-6-5-16-12/h1-8,18-20H,9H2. The summed E-state index contributed by atoms with van der Waals surface area (Å²) < 4.78 is 0. The second kappa shape index (κ2) is 5.05. The fourth-order valence-corrected chi connectivity index (χ4v) is 1.96. The molecule has 0 radical (unpaired) electrons. The summed E-state index contributed by atoms with van der Waals surface area (Å²) in [4.78, 5) is 8.46. The Kier molecular flexibility index (Phi) is 3.09. The summed E-state index contributed by atoms with van der Waals surface area (Å²) in [5.41, 5.74) is 3.47. The van der Waals surface area contributed by atoms with Gasteiger partial charge < -0.3 is 15.5 Å². The number of benzene rings is 2. The topological polar surface area (TPSA) is 78.3 Å². The van der Waals surface area contributed by atoms with E-state index in [1.807, 2.05) is 18.2 Å². The molecule has 0 fully saturated rings. The van der Waals surface area contributed by atoms with Gasteiger partial charge in [0, 0.05) is 24.6 Å². The predicted octanol–water partition coefficient (Wildman–Crippen LogP) is 2.65. The number of rotatable bonds is 3. The first kappa shape index (κ1) is 12.2.